The van der Waals surface area contributed by atoms with Crippen LogP contribution in [0.5, 0.6) is 0 Å². The van der Waals surface area contributed by atoms with Crippen molar-refractivity contribution >= 4 is 33.7 Å². The van der Waals surface area contributed by atoms with E-state index in [0.29, 0.717) is 11.0 Å². The van der Waals surface area contributed by atoms with Gasteiger partial charge in [0.05, 0.1) is 11.6 Å². The van der Waals surface area contributed by atoms with Gasteiger partial charge < -0.3 is 0 Å². The molecule has 4 bridgehead atoms. The van der Waals surface area contributed by atoms with E-state index in [4.69, 9.17) is 0 Å². The van der Waals surface area contributed by atoms with Gasteiger partial charge >= 0.3 is 0 Å². The first-order valence-corrected chi connectivity index (χ1v) is 17.0. The normalized spacial score (nSPS) is 23.3. The maximum absolute atomic E-state index is 9.47. The second-order valence-corrected chi connectivity index (χ2v) is 14.3. The Hall–Kier alpha value is -4.93. The number of fused-ring (bicyclic) bond motifs is 2. The van der Waals surface area contributed by atoms with E-state index >= 15 is 0 Å². The lowest BCUT2D eigenvalue weighted by Gasteiger charge is -2.57. The predicted molar refractivity (Wildman–Crippen MR) is 192 cm³/mol. The van der Waals surface area contributed by atoms with Gasteiger partial charge in [-0.15, -0.1) is 0 Å². The molecule has 222 valence electrons. The molecule has 0 amide bonds. The summed E-state index contributed by atoms with van der Waals surface area (Å²) >= 11 is 0. The lowest BCUT2D eigenvalue weighted by Crippen LogP contribution is -2.48. The van der Waals surface area contributed by atoms with Crippen LogP contribution in [0.2, 0.25) is 0 Å². The molecular formula is C45H37N. The molecule has 1 heteroatoms. The summed E-state index contributed by atoms with van der Waals surface area (Å²) in [5.41, 5.74) is 9.89. The van der Waals surface area contributed by atoms with E-state index in [-0.39, 0.29) is 0 Å². The third kappa shape index (κ3) is 4.51. The van der Waals surface area contributed by atoms with Gasteiger partial charge in [-0.05, 0) is 128 Å². The Bertz CT molecular complexity index is 2080. The van der Waals surface area contributed by atoms with Crippen molar-refractivity contribution in [2.24, 2.45) is 17.8 Å². The van der Waals surface area contributed by atoms with Crippen LogP contribution in [-0.4, -0.2) is 0 Å². The van der Waals surface area contributed by atoms with Crippen LogP contribution in [0.25, 0.3) is 56.0 Å². The van der Waals surface area contributed by atoms with Crippen molar-refractivity contribution in [2.75, 3.05) is 0 Å². The molecule has 46 heavy (non-hydrogen) atoms. The second-order valence-electron chi connectivity index (χ2n) is 14.3. The number of benzene rings is 6. The smallest absolute Gasteiger partial charge is 0.0997 e. The predicted octanol–water partition coefficient (Wildman–Crippen LogP) is 11.8. The Morgan fingerprint density at radius 2 is 0.978 bits per heavy atom. The number of hydrogen-bond donors (Lipinski definition) is 0. The second kappa shape index (κ2) is 10.9. The summed E-state index contributed by atoms with van der Waals surface area (Å²) in [4.78, 5) is 0. The molecule has 1 nitrogen and oxygen atoms in total. The summed E-state index contributed by atoms with van der Waals surface area (Å²) in [6, 6.07) is 46.6. The molecule has 6 aromatic carbocycles. The molecule has 0 heterocycles. The molecule has 0 radical (unpaired) electrons. The van der Waals surface area contributed by atoms with E-state index in [1.54, 1.807) is 5.56 Å². The zero-order valence-electron chi connectivity index (χ0n) is 26.1. The van der Waals surface area contributed by atoms with Crippen LogP contribution in [0.3, 0.4) is 0 Å². The molecule has 4 saturated carbocycles. The summed E-state index contributed by atoms with van der Waals surface area (Å²) in [5.74, 6) is 2.87. The first-order chi connectivity index (χ1) is 22.7. The fourth-order valence-corrected chi connectivity index (χ4v) is 9.90. The van der Waals surface area contributed by atoms with Gasteiger partial charge in [-0.1, -0.05) is 127 Å². The Morgan fingerprint density at radius 1 is 0.522 bits per heavy atom. The molecule has 0 saturated heterocycles. The average Bonchev–Trinajstić information content (AvgIpc) is 3.09. The molecule has 6 aromatic rings. The summed E-state index contributed by atoms with van der Waals surface area (Å²) in [6.45, 7) is 0. The minimum atomic E-state index is 0.418. The van der Waals surface area contributed by atoms with E-state index in [0.717, 1.165) is 28.9 Å². The Morgan fingerprint density at radius 3 is 1.48 bits per heavy atom. The Kier molecular flexibility index (Phi) is 6.46. The lowest BCUT2D eigenvalue weighted by molar-refractivity contribution is -0.00518. The van der Waals surface area contributed by atoms with Crippen molar-refractivity contribution < 1.29 is 0 Å². The van der Waals surface area contributed by atoms with Crippen LogP contribution in [0.15, 0.2) is 121 Å². The first-order valence-electron chi connectivity index (χ1n) is 17.0. The average molecular weight is 592 g/mol. The fourth-order valence-electron chi connectivity index (χ4n) is 9.90. The zero-order chi connectivity index (χ0) is 30.7. The van der Waals surface area contributed by atoms with Crippen LogP contribution in [-0.2, 0) is 5.41 Å². The van der Waals surface area contributed by atoms with Crippen molar-refractivity contribution in [3.8, 4) is 28.3 Å². The van der Waals surface area contributed by atoms with Crippen LogP contribution in [0.4, 0.5) is 0 Å². The molecule has 0 spiro atoms. The third-order valence-electron chi connectivity index (χ3n) is 11.5. The van der Waals surface area contributed by atoms with E-state index in [1.807, 2.05) is 30.3 Å². The molecule has 4 fully saturated rings. The van der Waals surface area contributed by atoms with Gasteiger partial charge in [-0.3, -0.25) is 0 Å². The molecule has 0 N–H and O–H groups in total. The largest absolute Gasteiger partial charge is 0.192 e. The molecule has 4 aliphatic carbocycles. The van der Waals surface area contributed by atoms with Gasteiger partial charge in [0.25, 0.3) is 0 Å². The summed E-state index contributed by atoms with van der Waals surface area (Å²) in [5, 5.41) is 14.6. The van der Waals surface area contributed by atoms with Crippen LogP contribution in [0, 0.1) is 29.1 Å². The van der Waals surface area contributed by atoms with Gasteiger partial charge in [0.2, 0.25) is 0 Å². The summed E-state index contributed by atoms with van der Waals surface area (Å²) in [7, 11) is 0. The summed E-state index contributed by atoms with van der Waals surface area (Å²) in [6.07, 6.45) is 12.8. The zero-order valence-corrected chi connectivity index (χ0v) is 26.1. The standard InChI is InChI=1S/C45H37N/c46-29-37-8-2-1-7-34(37)16-13-30-14-17-35(18-15-30)43-39-9-3-5-11-41(39)44(42-12-6-4-10-40(42)43)36-19-21-38(22-20-36)45-26-31-23-32(27-45)25-33(24-31)28-45/h1-22,31-33H,23-28H2/b16-13+. The molecule has 0 atom stereocenters. The van der Waals surface area contributed by atoms with Crippen molar-refractivity contribution in [3.05, 3.63) is 144 Å². The van der Waals surface area contributed by atoms with Crippen molar-refractivity contribution in [1.82, 2.24) is 0 Å². The van der Waals surface area contributed by atoms with E-state index in [9.17, 15) is 5.26 Å². The fraction of sp³-hybridized carbons (Fsp3) is 0.222. The number of nitriles is 1. The van der Waals surface area contributed by atoms with Gasteiger partial charge in [-0.2, -0.15) is 5.26 Å². The van der Waals surface area contributed by atoms with Gasteiger partial charge in [0.1, 0.15) is 0 Å². The van der Waals surface area contributed by atoms with Crippen molar-refractivity contribution in [3.63, 3.8) is 0 Å². The topological polar surface area (TPSA) is 23.8 Å². The maximum Gasteiger partial charge on any atom is 0.0997 e. The number of hydrogen-bond acceptors (Lipinski definition) is 1. The summed E-state index contributed by atoms with van der Waals surface area (Å²) < 4.78 is 0. The molecule has 0 unspecified atom stereocenters. The van der Waals surface area contributed by atoms with Crippen LogP contribution in [0.1, 0.15) is 60.8 Å². The highest BCUT2D eigenvalue weighted by Crippen LogP contribution is 2.61. The van der Waals surface area contributed by atoms with Crippen LogP contribution >= 0.6 is 0 Å². The van der Waals surface area contributed by atoms with E-state index in [1.165, 1.54) is 82.3 Å². The highest BCUT2D eigenvalue weighted by Gasteiger charge is 2.51. The van der Waals surface area contributed by atoms with E-state index < -0.39 is 0 Å². The molecule has 0 aliphatic heterocycles. The van der Waals surface area contributed by atoms with E-state index in [2.05, 4.69) is 109 Å². The molecular weight excluding hydrogens is 555 g/mol. The van der Waals surface area contributed by atoms with Crippen molar-refractivity contribution in [2.45, 2.75) is 43.9 Å². The highest BCUT2D eigenvalue weighted by atomic mass is 14.6. The third-order valence-corrected chi connectivity index (χ3v) is 11.5. The molecule has 10 rings (SSSR count). The van der Waals surface area contributed by atoms with Gasteiger partial charge in [0.15, 0.2) is 0 Å². The van der Waals surface area contributed by atoms with Crippen LogP contribution < -0.4 is 0 Å². The van der Waals surface area contributed by atoms with Crippen molar-refractivity contribution in [1.29, 1.82) is 5.26 Å². The minimum Gasteiger partial charge on any atom is -0.192 e. The molecule has 4 aliphatic rings. The van der Waals surface area contributed by atoms with Gasteiger partial charge in [-0.25, -0.2) is 0 Å². The Balaban J connectivity index is 1.12. The number of nitrogens with zero attached hydrogens (tertiary/aromatic N) is 1. The number of rotatable bonds is 5. The Labute approximate surface area is 271 Å². The highest BCUT2D eigenvalue weighted by molar-refractivity contribution is 6.21. The first kappa shape index (κ1) is 27.4. The SMILES string of the molecule is N#Cc1ccccc1/C=C/c1ccc(-c2c3ccccc3c(-c3ccc(C45CC6CC(CC(C6)C4)C5)cc3)c3ccccc23)cc1. The quantitative estimate of drug-likeness (QED) is 0.144. The monoisotopic (exact) mass is 591 g/mol. The van der Waals surface area contributed by atoms with Gasteiger partial charge in [0, 0.05) is 0 Å². The lowest BCUT2D eigenvalue weighted by atomic mass is 9.48. The minimum absolute atomic E-state index is 0.418. The molecule has 0 aromatic heterocycles. The maximum atomic E-state index is 9.47.